The van der Waals surface area contributed by atoms with Crippen LogP contribution in [0.25, 0.3) is 16.6 Å². The van der Waals surface area contributed by atoms with Gasteiger partial charge in [0.1, 0.15) is 22.5 Å². The third-order valence-corrected chi connectivity index (χ3v) is 5.51. The third-order valence-electron chi connectivity index (χ3n) is 5.51. The van der Waals surface area contributed by atoms with Crippen molar-refractivity contribution >= 4 is 28.3 Å². The van der Waals surface area contributed by atoms with Crippen molar-refractivity contribution in [3.05, 3.63) is 59.8 Å². The zero-order valence-electron chi connectivity index (χ0n) is 16.3. The van der Waals surface area contributed by atoms with Crippen molar-refractivity contribution in [3.8, 4) is 0 Å². The highest BCUT2D eigenvalue weighted by atomic mass is 19.1. The van der Waals surface area contributed by atoms with Gasteiger partial charge >= 0.3 is 0 Å². The van der Waals surface area contributed by atoms with Gasteiger partial charge in [0.2, 0.25) is 5.95 Å². The smallest absolute Gasteiger partial charge is 0.272 e. The molecule has 2 atom stereocenters. The molecule has 0 fully saturated rings. The zero-order valence-corrected chi connectivity index (χ0v) is 16.3. The molecule has 9 nitrogen and oxygen atoms in total. The molecule has 2 N–H and O–H groups in total. The van der Waals surface area contributed by atoms with Crippen LogP contribution in [0.3, 0.4) is 0 Å². The van der Waals surface area contributed by atoms with E-state index in [0.717, 1.165) is 5.56 Å². The number of nitrogens with two attached hydrogens (primary N) is 1. The number of anilines is 1. The summed E-state index contributed by atoms with van der Waals surface area (Å²) in [7, 11) is 1.67. The van der Waals surface area contributed by atoms with E-state index < -0.39 is 12.0 Å². The number of hydrogen-bond acceptors (Lipinski definition) is 7. The van der Waals surface area contributed by atoms with E-state index in [9.17, 15) is 9.18 Å². The number of ether oxygens (including phenoxy) is 1. The van der Waals surface area contributed by atoms with Gasteiger partial charge < -0.3 is 15.4 Å². The van der Waals surface area contributed by atoms with Crippen molar-refractivity contribution in [2.45, 2.75) is 19.1 Å². The highest BCUT2D eigenvalue weighted by Gasteiger charge is 2.32. The summed E-state index contributed by atoms with van der Waals surface area (Å²) in [5.74, 6) is -0.547. The first-order chi connectivity index (χ1) is 14.4. The molecule has 0 aromatic carbocycles. The average Bonchev–Trinajstić information content (AvgIpc) is 3.24. The van der Waals surface area contributed by atoms with E-state index in [-0.39, 0.29) is 24.3 Å². The van der Waals surface area contributed by atoms with Gasteiger partial charge in [-0.2, -0.15) is 4.39 Å². The van der Waals surface area contributed by atoms with E-state index in [1.165, 1.54) is 23.4 Å². The highest BCUT2D eigenvalue weighted by Crippen LogP contribution is 2.35. The minimum atomic E-state index is -0.578. The number of carbonyl (C=O) groups is 1. The topological polar surface area (TPSA) is 112 Å². The monoisotopic (exact) mass is 407 g/mol. The van der Waals surface area contributed by atoms with Gasteiger partial charge in [-0.3, -0.25) is 9.20 Å². The molecule has 0 aliphatic carbocycles. The molecule has 5 rings (SSSR count). The lowest BCUT2D eigenvalue weighted by Crippen LogP contribution is -2.37. The summed E-state index contributed by atoms with van der Waals surface area (Å²) in [6.45, 7) is 2.12. The number of fused-ring (bicyclic) bond motifs is 4. The lowest BCUT2D eigenvalue weighted by atomic mass is 9.96. The Morgan fingerprint density at radius 2 is 2.07 bits per heavy atom. The molecule has 10 heteroatoms. The molecule has 0 saturated heterocycles. The Balaban J connectivity index is 1.54. The maximum atomic E-state index is 13.6. The van der Waals surface area contributed by atoms with Gasteiger partial charge in [0, 0.05) is 18.8 Å². The van der Waals surface area contributed by atoms with Crippen LogP contribution in [0, 0.1) is 5.95 Å². The first kappa shape index (κ1) is 18.4. The van der Waals surface area contributed by atoms with Crippen LogP contribution in [0.2, 0.25) is 0 Å². The Morgan fingerprint density at radius 1 is 1.23 bits per heavy atom. The molecule has 152 valence electrons. The second-order valence-corrected chi connectivity index (χ2v) is 7.25. The predicted octanol–water partition coefficient (Wildman–Crippen LogP) is 2.30. The molecule has 1 aliphatic rings. The van der Waals surface area contributed by atoms with Gasteiger partial charge in [-0.05, 0) is 24.6 Å². The number of carbonyl (C=O) groups excluding carboxylic acids is 1. The molecule has 0 spiro atoms. The number of hydrogen-bond donors (Lipinski definition) is 1. The number of aromatic nitrogens is 5. The van der Waals surface area contributed by atoms with Gasteiger partial charge in [0.15, 0.2) is 0 Å². The number of likely N-dealkylation sites (N-methyl/N-ethyl adjacent to an activating group) is 1. The third kappa shape index (κ3) is 2.76. The van der Waals surface area contributed by atoms with Crippen molar-refractivity contribution in [1.29, 1.82) is 0 Å². The minimum Gasteiger partial charge on any atom is -0.382 e. The molecule has 0 saturated carbocycles. The van der Waals surface area contributed by atoms with Crippen LogP contribution in [0.1, 0.15) is 40.7 Å². The number of amides is 1. The van der Waals surface area contributed by atoms with E-state index >= 15 is 0 Å². The quantitative estimate of drug-likeness (QED) is 0.508. The van der Waals surface area contributed by atoms with Crippen LogP contribution in [0.4, 0.5) is 10.2 Å². The maximum Gasteiger partial charge on any atom is 0.272 e. The fourth-order valence-corrected chi connectivity index (χ4v) is 3.84. The molecule has 30 heavy (non-hydrogen) atoms. The van der Waals surface area contributed by atoms with Crippen molar-refractivity contribution in [2.24, 2.45) is 0 Å². The summed E-state index contributed by atoms with van der Waals surface area (Å²) < 4.78 is 21.2. The van der Waals surface area contributed by atoms with E-state index in [1.54, 1.807) is 30.0 Å². The number of halogens is 1. The van der Waals surface area contributed by atoms with Crippen LogP contribution in [-0.4, -0.2) is 48.8 Å². The van der Waals surface area contributed by atoms with Gasteiger partial charge in [0.05, 0.1) is 43.0 Å². The summed E-state index contributed by atoms with van der Waals surface area (Å²) in [5.41, 5.74) is 9.51. The molecule has 4 aromatic rings. The SMILES string of the molecule is CC1OC[C@@H](N(C)C(=O)c2cc3c(cn2)nc(N)c2cncn23)c2cnc(F)cc21. The summed E-state index contributed by atoms with van der Waals surface area (Å²) in [5, 5.41) is 0. The van der Waals surface area contributed by atoms with Crippen molar-refractivity contribution in [3.63, 3.8) is 0 Å². The van der Waals surface area contributed by atoms with Crippen molar-refractivity contribution in [1.82, 2.24) is 29.2 Å². The lowest BCUT2D eigenvalue weighted by molar-refractivity contribution is 0.00430. The number of nitrogen functional groups attached to an aromatic ring is 1. The van der Waals surface area contributed by atoms with Gasteiger partial charge in [0.25, 0.3) is 5.91 Å². The van der Waals surface area contributed by atoms with E-state index in [2.05, 4.69) is 19.9 Å². The first-order valence-electron chi connectivity index (χ1n) is 9.35. The largest absolute Gasteiger partial charge is 0.382 e. The Bertz CT molecular complexity index is 1310. The normalized spacial score (nSPS) is 18.5. The second-order valence-electron chi connectivity index (χ2n) is 7.25. The minimum absolute atomic E-state index is 0.238. The summed E-state index contributed by atoms with van der Waals surface area (Å²) in [4.78, 5) is 31.2. The standard InChI is InChI=1S/C20H18FN7O2/c1-10-11-3-18(21)25-5-12(11)17(8-30-10)27(2)20(29)13-4-15-14(6-24-13)26-19(22)16-7-23-9-28(15)16/h3-7,9-10,17H,8H2,1-2H3,(H2,22,26)/t10?,17-/m1/s1. The Labute approximate surface area is 170 Å². The predicted molar refractivity (Wildman–Crippen MR) is 106 cm³/mol. The molecule has 1 unspecified atom stereocenters. The van der Waals surface area contributed by atoms with E-state index in [4.69, 9.17) is 10.5 Å². The van der Waals surface area contributed by atoms with Crippen LogP contribution in [-0.2, 0) is 4.74 Å². The molecule has 4 aromatic heterocycles. The Hall–Kier alpha value is -3.66. The molecule has 1 aliphatic heterocycles. The number of pyridine rings is 2. The fourth-order valence-electron chi connectivity index (χ4n) is 3.84. The van der Waals surface area contributed by atoms with Crippen LogP contribution in [0.5, 0.6) is 0 Å². The summed E-state index contributed by atoms with van der Waals surface area (Å²) in [6, 6.07) is 2.60. The van der Waals surface area contributed by atoms with Crippen LogP contribution >= 0.6 is 0 Å². The van der Waals surface area contributed by atoms with E-state index in [0.29, 0.717) is 27.9 Å². The van der Waals surface area contributed by atoms with Gasteiger partial charge in [-0.25, -0.2) is 19.9 Å². The second kappa shape index (κ2) is 6.70. The first-order valence-corrected chi connectivity index (χ1v) is 9.35. The van der Waals surface area contributed by atoms with Gasteiger partial charge in [-0.1, -0.05) is 0 Å². The highest BCUT2D eigenvalue weighted by molar-refractivity contribution is 5.96. The molecule has 0 bridgehead atoms. The van der Waals surface area contributed by atoms with Crippen molar-refractivity contribution in [2.75, 3.05) is 19.4 Å². The summed E-state index contributed by atoms with van der Waals surface area (Å²) in [6.07, 6.45) is 5.92. The Morgan fingerprint density at radius 3 is 2.90 bits per heavy atom. The van der Waals surface area contributed by atoms with E-state index in [1.807, 2.05) is 6.92 Å². The zero-order chi connectivity index (χ0) is 21.0. The number of imidazole rings is 1. The van der Waals surface area contributed by atoms with Crippen molar-refractivity contribution < 1.29 is 13.9 Å². The fraction of sp³-hybridized carbons (Fsp3) is 0.250. The van der Waals surface area contributed by atoms with Crippen LogP contribution < -0.4 is 5.73 Å². The van der Waals surface area contributed by atoms with Gasteiger partial charge in [-0.15, -0.1) is 0 Å². The number of rotatable bonds is 2. The average molecular weight is 407 g/mol. The molecule has 5 heterocycles. The molecule has 0 radical (unpaired) electrons. The molecular weight excluding hydrogens is 389 g/mol. The Kier molecular flexibility index (Phi) is 4.10. The summed E-state index contributed by atoms with van der Waals surface area (Å²) >= 11 is 0. The van der Waals surface area contributed by atoms with Crippen LogP contribution in [0.15, 0.2) is 37.1 Å². The maximum absolute atomic E-state index is 13.6. The lowest BCUT2D eigenvalue weighted by Gasteiger charge is -2.35. The number of nitrogens with zero attached hydrogens (tertiary/aromatic N) is 6. The molecule has 1 amide bonds. The molecular formula is C20H18FN7O2.